The van der Waals surface area contributed by atoms with Crippen molar-refractivity contribution in [3.63, 3.8) is 0 Å². The third kappa shape index (κ3) is 10.0. The number of carbonyl (C=O) groups excluding carboxylic acids is 1. The van der Waals surface area contributed by atoms with Crippen LogP contribution in [0.4, 0.5) is 33.1 Å². The van der Waals surface area contributed by atoms with E-state index in [1.807, 2.05) is 18.0 Å². The Morgan fingerprint density at radius 3 is 2.61 bits per heavy atom. The maximum Gasteiger partial charge on any atom is 0.248 e. The van der Waals surface area contributed by atoms with Gasteiger partial charge in [0.05, 0.1) is 18.2 Å². The average Bonchev–Trinajstić information content (AvgIpc) is 2.89. The Bertz CT molecular complexity index is 1300. The van der Waals surface area contributed by atoms with E-state index in [1.165, 1.54) is 24.5 Å². The number of hydrogen-bond donors (Lipinski definition) is 3. The Hall–Kier alpha value is -4.22. The molecular weight excluding hydrogens is 513 g/mol. The highest BCUT2D eigenvalue weighted by molar-refractivity contribution is 6.31. The number of amides is 1. The van der Waals surface area contributed by atoms with Gasteiger partial charge in [0.2, 0.25) is 5.91 Å². The lowest BCUT2D eigenvalue weighted by atomic mass is 10.2. The highest BCUT2D eigenvalue weighted by Gasteiger charge is 2.05. The molecule has 0 atom stereocenters. The van der Waals surface area contributed by atoms with Crippen molar-refractivity contribution >= 4 is 46.2 Å². The second-order valence-corrected chi connectivity index (χ2v) is 8.38. The highest BCUT2D eigenvalue weighted by Crippen LogP contribution is 2.24. The number of halogens is 2. The molecule has 198 valence electrons. The first-order valence-corrected chi connectivity index (χ1v) is 12.0. The molecule has 0 spiro atoms. The van der Waals surface area contributed by atoms with Gasteiger partial charge in [-0.25, -0.2) is 14.4 Å². The summed E-state index contributed by atoms with van der Waals surface area (Å²) >= 11 is 5.84. The number of azide groups is 1. The van der Waals surface area contributed by atoms with Crippen LogP contribution in [0.5, 0.6) is 0 Å². The predicted molar refractivity (Wildman–Crippen MR) is 147 cm³/mol. The largest absolute Gasteiger partial charge is 0.380 e. The van der Waals surface area contributed by atoms with E-state index < -0.39 is 5.82 Å². The summed E-state index contributed by atoms with van der Waals surface area (Å²) in [4.78, 5) is 25.4. The summed E-state index contributed by atoms with van der Waals surface area (Å²) in [5.41, 5.74) is 10.1. The lowest BCUT2D eigenvalue weighted by Crippen LogP contribution is -2.24. The summed E-state index contributed by atoms with van der Waals surface area (Å²) < 4.78 is 18.8. The first-order valence-electron chi connectivity index (χ1n) is 11.6. The molecule has 0 unspecified atom stereocenters. The van der Waals surface area contributed by atoms with Crippen molar-refractivity contribution in [3.8, 4) is 0 Å². The van der Waals surface area contributed by atoms with Gasteiger partial charge in [-0.3, -0.25) is 4.79 Å². The number of likely N-dealkylation sites (N-methyl/N-ethyl adjacent to an activating group) is 1. The van der Waals surface area contributed by atoms with E-state index >= 15 is 0 Å². The van der Waals surface area contributed by atoms with Crippen molar-refractivity contribution in [3.05, 3.63) is 88.3 Å². The molecule has 3 aromatic rings. The van der Waals surface area contributed by atoms with Gasteiger partial charge in [0.1, 0.15) is 23.8 Å². The van der Waals surface area contributed by atoms with Gasteiger partial charge in [0.15, 0.2) is 0 Å². The fourth-order valence-electron chi connectivity index (χ4n) is 3.13. The zero-order valence-corrected chi connectivity index (χ0v) is 21.4. The van der Waals surface area contributed by atoms with Gasteiger partial charge in [-0.2, -0.15) is 0 Å². The monoisotopic (exact) mass is 539 g/mol. The third-order valence-electron chi connectivity index (χ3n) is 4.96. The summed E-state index contributed by atoms with van der Waals surface area (Å²) in [7, 11) is 1.91. The van der Waals surface area contributed by atoms with Crippen LogP contribution in [0, 0.1) is 5.82 Å². The number of benzene rings is 2. The van der Waals surface area contributed by atoms with Crippen LogP contribution >= 0.6 is 11.6 Å². The van der Waals surface area contributed by atoms with Crippen molar-refractivity contribution in [2.24, 2.45) is 5.11 Å². The smallest absolute Gasteiger partial charge is 0.248 e. The minimum absolute atomic E-state index is 0.00751. The summed E-state index contributed by atoms with van der Waals surface area (Å²) in [5, 5.41) is 12.5. The fraction of sp³-hybridized carbons (Fsp3) is 0.240. The molecule has 0 bridgehead atoms. The number of carbonyl (C=O) groups is 1. The molecule has 2 aromatic carbocycles. The fourth-order valence-corrected chi connectivity index (χ4v) is 3.31. The Balaban J connectivity index is 1.48. The van der Waals surface area contributed by atoms with Gasteiger partial charge >= 0.3 is 0 Å². The predicted octanol–water partition coefficient (Wildman–Crippen LogP) is 5.51. The highest BCUT2D eigenvalue weighted by atomic mass is 35.5. The molecule has 0 saturated heterocycles. The average molecular weight is 540 g/mol. The minimum atomic E-state index is -0.501. The molecular formula is C25H27ClFN9O2. The van der Waals surface area contributed by atoms with Crippen LogP contribution in [0.25, 0.3) is 10.4 Å². The van der Waals surface area contributed by atoms with Crippen LogP contribution in [-0.4, -0.2) is 60.7 Å². The third-order valence-corrected chi connectivity index (χ3v) is 5.25. The Labute approximate surface area is 224 Å². The van der Waals surface area contributed by atoms with Gasteiger partial charge in [0, 0.05) is 53.8 Å². The zero-order valence-electron chi connectivity index (χ0n) is 20.6. The molecule has 0 aliphatic carbocycles. The topological polar surface area (TPSA) is 140 Å². The molecule has 0 aliphatic rings. The maximum atomic E-state index is 13.4. The first kappa shape index (κ1) is 28.4. The molecule has 0 saturated carbocycles. The SMILES string of the molecule is CN(C/C=C/C(=O)Nc1cccc(Nc2cc(Nc3ccc(F)c(Cl)c3)ncn2)c1)CCOCCN=[N+]=[N-]. The van der Waals surface area contributed by atoms with E-state index in [0.717, 1.165) is 0 Å². The number of hydrogen-bond acceptors (Lipinski definition) is 8. The molecule has 11 nitrogen and oxygen atoms in total. The van der Waals surface area contributed by atoms with E-state index in [2.05, 4.69) is 35.9 Å². The van der Waals surface area contributed by atoms with Crippen LogP contribution in [0.3, 0.4) is 0 Å². The number of aromatic nitrogens is 2. The summed E-state index contributed by atoms with van der Waals surface area (Å²) in [5.74, 6) is 0.250. The van der Waals surface area contributed by atoms with Gasteiger partial charge in [-0.05, 0) is 49.0 Å². The van der Waals surface area contributed by atoms with Gasteiger partial charge in [0.25, 0.3) is 0 Å². The quantitative estimate of drug-likeness (QED) is 0.0806. The van der Waals surface area contributed by atoms with Crippen LogP contribution in [0.1, 0.15) is 0 Å². The molecule has 38 heavy (non-hydrogen) atoms. The van der Waals surface area contributed by atoms with E-state index in [0.29, 0.717) is 61.5 Å². The Kier molecular flexibility index (Phi) is 11.3. The lowest BCUT2D eigenvalue weighted by Gasteiger charge is -2.14. The molecule has 3 rings (SSSR count). The van der Waals surface area contributed by atoms with Crippen molar-refractivity contribution in [2.45, 2.75) is 0 Å². The minimum Gasteiger partial charge on any atom is -0.380 e. The number of anilines is 5. The van der Waals surface area contributed by atoms with Gasteiger partial charge in [-0.15, -0.1) is 0 Å². The summed E-state index contributed by atoms with van der Waals surface area (Å²) in [6.45, 7) is 2.44. The van der Waals surface area contributed by atoms with Crippen molar-refractivity contribution in [1.29, 1.82) is 0 Å². The van der Waals surface area contributed by atoms with Crippen LogP contribution in [-0.2, 0) is 9.53 Å². The molecule has 3 N–H and O–H groups in total. The molecule has 0 aliphatic heterocycles. The molecule has 0 fully saturated rings. The lowest BCUT2D eigenvalue weighted by molar-refractivity contribution is -0.111. The normalized spacial score (nSPS) is 10.8. The Morgan fingerprint density at radius 2 is 1.87 bits per heavy atom. The zero-order chi connectivity index (χ0) is 27.2. The van der Waals surface area contributed by atoms with E-state index in [-0.39, 0.29) is 10.9 Å². The van der Waals surface area contributed by atoms with Crippen LogP contribution in [0.15, 0.2) is 72.1 Å². The number of nitrogens with zero attached hydrogens (tertiary/aromatic N) is 6. The van der Waals surface area contributed by atoms with E-state index in [9.17, 15) is 9.18 Å². The summed E-state index contributed by atoms with van der Waals surface area (Å²) in [6, 6.07) is 13.2. The van der Waals surface area contributed by atoms with E-state index in [1.54, 1.807) is 36.4 Å². The van der Waals surface area contributed by atoms with Crippen molar-refractivity contribution in [1.82, 2.24) is 14.9 Å². The molecule has 1 amide bonds. The number of nitrogens with one attached hydrogen (secondary N) is 3. The van der Waals surface area contributed by atoms with Crippen molar-refractivity contribution < 1.29 is 13.9 Å². The molecule has 13 heteroatoms. The van der Waals surface area contributed by atoms with Gasteiger partial charge in [-0.1, -0.05) is 28.9 Å². The summed E-state index contributed by atoms with van der Waals surface area (Å²) in [6.07, 6.45) is 4.63. The van der Waals surface area contributed by atoms with Crippen molar-refractivity contribution in [2.75, 3.05) is 55.8 Å². The molecule has 0 radical (unpaired) electrons. The van der Waals surface area contributed by atoms with E-state index in [4.69, 9.17) is 21.9 Å². The Morgan fingerprint density at radius 1 is 1.13 bits per heavy atom. The number of rotatable bonds is 14. The van der Waals surface area contributed by atoms with Gasteiger partial charge < -0.3 is 25.6 Å². The molecule has 1 aromatic heterocycles. The standard InChI is InChI=1S/C25H27ClFN9O2/c1-36(11-13-38-12-9-31-35-28)10-3-6-25(37)34-19-5-2-4-18(14-19)32-23-16-24(30-17-29-23)33-20-7-8-22(27)21(26)15-20/h2-8,14-17H,9-13H2,1H3,(H,34,37)(H2,29,30,32,33)/b6-3+. The van der Waals surface area contributed by atoms with Crippen LogP contribution < -0.4 is 16.0 Å². The number of ether oxygens (including phenoxy) is 1. The maximum absolute atomic E-state index is 13.4. The van der Waals surface area contributed by atoms with Crippen LogP contribution in [0.2, 0.25) is 5.02 Å². The first-order chi connectivity index (χ1) is 18.4. The molecule has 1 heterocycles. The second-order valence-electron chi connectivity index (χ2n) is 7.97. The second kappa shape index (κ2) is 15.1.